The van der Waals surface area contributed by atoms with Gasteiger partial charge in [-0.2, -0.15) is 0 Å². The normalized spacial score (nSPS) is 23.4. The van der Waals surface area contributed by atoms with Crippen molar-refractivity contribution in [2.45, 2.75) is 83.1 Å². The SMILES string of the molecule is CC(C)(C)OC(=O)CN1CCC(OC2CCN(c3ccc4c(c3)C(=O)N(C3CCC(=O)NC3=O)C4=O)CC2)CC1. The highest BCUT2D eigenvalue weighted by molar-refractivity contribution is 6.23. The average Bonchev–Trinajstić information content (AvgIpc) is 3.14. The van der Waals surface area contributed by atoms with Crippen molar-refractivity contribution in [3.63, 3.8) is 0 Å². The number of hydrogen-bond acceptors (Lipinski definition) is 9. The second-order valence-corrected chi connectivity index (χ2v) is 12.1. The minimum atomic E-state index is -0.967. The molecule has 1 unspecified atom stereocenters. The summed E-state index contributed by atoms with van der Waals surface area (Å²) in [6, 6.07) is 4.28. The Hall–Kier alpha value is -3.31. The Morgan fingerprint density at radius 3 is 2.15 bits per heavy atom. The number of amides is 4. The van der Waals surface area contributed by atoms with E-state index in [0.29, 0.717) is 12.1 Å². The number of hydrogen-bond donors (Lipinski definition) is 1. The van der Waals surface area contributed by atoms with Crippen LogP contribution in [-0.2, 0) is 23.9 Å². The number of nitrogens with one attached hydrogen (secondary N) is 1. The van der Waals surface area contributed by atoms with Gasteiger partial charge in [-0.15, -0.1) is 0 Å². The molecule has 4 heterocycles. The summed E-state index contributed by atoms with van der Waals surface area (Å²) >= 11 is 0. The second-order valence-electron chi connectivity index (χ2n) is 12.1. The number of nitrogens with zero attached hydrogens (tertiary/aromatic N) is 3. The number of piperidine rings is 3. The van der Waals surface area contributed by atoms with Crippen molar-refractivity contribution in [3.8, 4) is 0 Å². The van der Waals surface area contributed by atoms with Crippen molar-refractivity contribution >= 4 is 35.3 Å². The van der Waals surface area contributed by atoms with Crippen LogP contribution in [0.5, 0.6) is 0 Å². The first-order valence-electron chi connectivity index (χ1n) is 14.2. The van der Waals surface area contributed by atoms with Crippen molar-refractivity contribution in [2.24, 2.45) is 0 Å². The van der Waals surface area contributed by atoms with E-state index in [0.717, 1.165) is 62.4 Å². The second kappa shape index (κ2) is 11.3. The molecule has 0 saturated carbocycles. The molecule has 3 saturated heterocycles. The van der Waals surface area contributed by atoms with Gasteiger partial charge in [0, 0.05) is 38.3 Å². The Morgan fingerprint density at radius 1 is 0.900 bits per heavy atom. The summed E-state index contributed by atoms with van der Waals surface area (Å²) < 4.78 is 11.8. The number of rotatable bonds is 6. The molecule has 0 aromatic heterocycles. The lowest BCUT2D eigenvalue weighted by atomic mass is 10.0. The third-order valence-electron chi connectivity index (χ3n) is 7.92. The molecule has 1 atom stereocenters. The summed E-state index contributed by atoms with van der Waals surface area (Å²) in [6.45, 7) is 9.07. The van der Waals surface area contributed by atoms with Gasteiger partial charge in [-0.3, -0.25) is 39.1 Å². The molecule has 4 aliphatic heterocycles. The largest absolute Gasteiger partial charge is 0.459 e. The number of fused-ring (bicyclic) bond motifs is 1. The summed E-state index contributed by atoms with van der Waals surface area (Å²) in [5.74, 6) is -2.18. The van der Waals surface area contributed by atoms with Gasteiger partial charge in [0.1, 0.15) is 11.6 Å². The highest BCUT2D eigenvalue weighted by Gasteiger charge is 2.44. The highest BCUT2D eigenvalue weighted by atomic mass is 16.6. The van der Waals surface area contributed by atoms with E-state index in [4.69, 9.17) is 9.47 Å². The number of ether oxygens (including phenoxy) is 2. The third-order valence-corrected chi connectivity index (χ3v) is 7.92. The molecule has 0 spiro atoms. The highest BCUT2D eigenvalue weighted by Crippen LogP contribution is 2.32. The minimum absolute atomic E-state index is 0.0945. The summed E-state index contributed by atoms with van der Waals surface area (Å²) in [5.41, 5.74) is 0.966. The van der Waals surface area contributed by atoms with Gasteiger partial charge in [0.2, 0.25) is 11.8 Å². The van der Waals surface area contributed by atoms with Crippen molar-refractivity contribution in [1.82, 2.24) is 15.1 Å². The number of carbonyl (C=O) groups is 5. The monoisotopic (exact) mass is 554 g/mol. The van der Waals surface area contributed by atoms with Crippen molar-refractivity contribution in [2.75, 3.05) is 37.6 Å². The maximum absolute atomic E-state index is 13.2. The van der Waals surface area contributed by atoms with Crippen LogP contribution in [-0.4, -0.2) is 96.0 Å². The van der Waals surface area contributed by atoms with Crippen LogP contribution in [0, 0.1) is 0 Å². The predicted octanol–water partition coefficient (Wildman–Crippen LogP) is 1.88. The Balaban J connectivity index is 1.11. The van der Waals surface area contributed by atoms with E-state index in [9.17, 15) is 24.0 Å². The number of esters is 1. The Morgan fingerprint density at radius 2 is 1.52 bits per heavy atom. The van der Waals surface area contributed by atoms with E-state index in [1.54, 1.807) is 12.1 Å². The quantitative estimate of drug-likeness (QED) is 0.414. The molecule has 11 heteroatoms. The first kappa shape index (κ1) is 28.2. The Bertz CT molecular complexity index is 1190. The van der Waals surface area contributed by atoms with Gasteiger partial charge < -0.3 is 14.4 Å². The standard InChI is InChI=1S/C29H38N4O7/c1-29(2,3)40-25(35)17-31-12-8-19(9-13-31)39-20-10-14-32(15-11-20)18-4-5-21-22(16-18)28(38)33(27(21)37)23-6-7-24(34)30-26(23)36/h4-5,16,19-20,23H,6-15,17H2,1-3H3,(H,30,34,36). The van der Waals surface area contributed by atoms with E-state index in [1.807, 2.05) is 26.8 Å². The number of anilines is 1. The zero-order chi connectivity index (χ0) is 28.6. The maximum atomic E-state index is 13.2. The van der Waals surface area contributed by atoms with E-state index in [2.05, 4.69) is 15.1 Å². The predicted molar refractivity (Wildman–Crippen MR) is 145 cm³/mol. The van der Waals surface area contributed by atoms with Crippen molar-refractivity contribution in [1.29, 1.82) is 0 Å². The Labute approximate surface area is 234 Å². The molecular formula is C29H38N4O7. The summed E-state index contributed by atoms with van der Waals surface area (Å²) in [4.78, 5) is 67.4. The van der Waals surface area contributed by atoms with Gasteiger partial charge in [0.25, 0.3) is 11.8 Å². The molecule has 11 nitrogen and oxygen atoms in total. The molecule has 3 fully saturated rings. The van der Waals surface area contributed by atoms with Crippen LogP contribution in [0.4, 0.5) is 5.69 Å². The first-order chi connectivity index (χ1) is 19.0. The Kier molecular flexibility index (Phi) is 7.96. The molecule has 0 aliphatic carbocycles. The molecular weight excluding hydrogens is 516 g/mol. The van der Waals surface area contributed by atoms with Crippen molar-refractivity contribution < 1.29 is 33.4 Å². The van der Waals surface area contributed by atoms with Crippen LogP contribution in [0.1, 0.15) is 80.0 Å². The van der Waals surface area contributed by atoms with Crippen LogP contribution >= 0.6 is 0 Å². The lowest BCUT2D eigenvalue weighted by molar-refractivity contribution is -0.157. The molecule has 0 radical (unpaired) electrons. The first-order valence-corrected chi connectivity index (χ1v) is 14.2. The fourth-order valence-electron chi connectivity index (χ4n) is 5.94. The summed E-state index contributed by atoms with van der Waals surface area (Å²) in [6.07, 6.45) is 4.03. The topological polar surface area (TPSA) is 126 Å². The van der Waals surface area contributed by atoms with Gasteiger partial charge in [-0.05, 0) is 71.1 Å². The van der Waals surface area contributed by atoms with Gasteiger partial charge in [0.15, 0.2) is 0 Å². The molecule has 4 amide bonds. The molecule has 1 aromatic carbocycles. The van der Waals surface area contributed by atoms with Crippen LogP contribution in [0.3, 0.4) is 0 Å². The van der Waals surface area contributed by atoms with Crippen molar-refractivity contribution in [3.05, 3.63) is 29.3 Å². The minimum Gasteiger partial charge on any atom is -0.459 e. The molecule has 40 heavy (non-hydrogen) atoms. The van der Waals surface area contributed by atoms with Gasteiger partial charge >= 0.3 is 5.97 Å². The van der Waals surface area contributed by atoms with E-state index < -0.39 is 35.3 Å². The average molecular weight is 555 g/mol. The molecule has 0 bridgehead atoms. The third kappa shape index (κ3) is 6.20. The van der Waals surface area contributed by atoms with E-state index in [-0.39, 0.29) is 36.6 Å². The number of benzene rings is 1. The molecule has 1 N–H and O–H groups in total. The maximum Gasteiger partial charge on any atom is 0.320 e. The summed E-state index contributed by atoms with van der Waals surface area (Å²) in [5, 5.41) is 2.22. The van der Waals surface area contributed by atoms with Crippen LogP contribution in [0.25, 0.3) is 0 Å². The van der Waals surface area contributed by atoms with E-state index >= 15 is 0 Å². The zero-order valence-corrected chi connectivity index (χ0v) is 23.4. The fourth-order valence-corrected chi connectivity index (χ4v) is 5.94. The van der Waals surface area contributed by atoms with Gasteiger partial charge in [0.05, 0.1) is 29.9 Å². The smallest absolute Gasteiger partial charge is 0.320 e. The molecule has 5 rings (SSSR count). The number of carbonyl (C=O) groups excluding carboxylic acids is 5. The lowest BCUT2D eigenvalue weighted by Crippen LogP contribution is -2.54. The van der Waals surface area contributed by atoms with Gasteiger partial charge in [-0.25, -0.2) is 0 Å². The summed E-state index contributed by atoms with van der Waals surface area (Å²) in [7, 11) is 0. The van der Waals surface area contributed by atoms with Crippen LogP contribution in [0.15, 0.2) is 18.2 Å². The van der Waals surface area contributed by atoms with Gasteiger partial charge in [-0.1, -0.05) is 0 Å². The van der Waals surface area contributed by atoms with Crippen LogP contribution in [0.2, 0.25) is 0 Å². The number of imide groups is 2. The van der Waals surface area contributed by atoms with Crippen LogP contribution < -0.4 is 10.2 Å². The molecule has 1 aromatic rings. The fraction of sp³-hybridized carbons (Fsp3) is 0.621. The zero-order valence-electron chi connectivity index (χ0n) is 23.4. The number of likely N-dealkylation sites (tertiary alicyclic amines) is 1. The lowest BCUT2D eigenvalue weighted by Gasteiger charge is -2.37. The molecule has 4 aliphatic rings. The van der Waals surface area contributed by atoms with E-state index in [1.165, 1.54) is 0 Å². The molecule has 216 valence electrons.